The highest BCUT2D eigenvalue weighted by molar-refractivity contribution is 6.58. The highest BCUT2D eigenvalue weighted by atomic mass is 19.1. The molecule has 100 valence electrons. The molecular weight excluding hydrogens is 250 g/mol. The third-order valence-corrected chi connectivity index (χ3v) is 2.58. The molecule has 0 bridgehead atoms. The number of nitrogens with zero attached hydrogens (tertiary/aromatic N) is 2. The van der Waals surface area contributed by atoms with Gasteiger partial charge < -0.3 is 19.4 Å². The third-order valence-electron chi connectivity index (χ3n) is 2.58. The van der Waals surface area contributed by atoms with Crippen LogP contribution in [0.2, 0.25) is 0 Å². The van der Waals surface area contributed by atoms with Gasteiger partial charge in [0.15, 0.2) is 0 Å². The van der Waals surface area contributed by atoms with Crippen LogP contribution in [0.5, 0.6) is 5.75 Å². The van der Waals surface area contributed by atoms with Crippen molar-refractivity contribution in [2.45, 2.75) is 13.0 Å². The van der Waals surface area contributed by atoms with Gasteiger partial charge in [0.05, 0.1) is 12.9 Å². The number of benzene rings is 1. The molecule has 7 heteroatoms. The molecule has 0 amide bonds. The van der Waals surface area contributed by atoms with E-state index in [1.54, 1.807) is 12.5 Å². The van der Waals surface area contributed by atoms with Crippen molar-refractivity contribution in [3.63, 3.8) is 0 Å². The van der Waals surface area contributed by atoms with E-state index in [9.17, 15) is 4.39 Å². The monoisotopic (exact) mass is 264 g/mol. The molecule has 0 saturated heterocycles. The van der Waals surface area contributed by atoms with Crippen LogP contribution in [0.4, 0.5) is 4.39 Å². The lowest BCUT2D eigenvalue weighted by Gasteiger charge is -2.08. The molecule has 2 N–H and O–H groups in total. The molecule has 0 atom stereocenters. The summed E-state index contributed by atoms with van der Waals surface area (Å²) in [5.74, 6) is -0.274. The number of imidazole rings is 1. The van der Waals surface area contributed by atoms with Gasteiger partial charge in [-0.15, -0.1) is 0 Å². The molecule has 0 aliphatic carbocycles. The normalized spacial score (nSPS) is 10.5. The van der Waals surface area contributed by atoms with Crippen LogP contribution >= 0.6 is 0 Å². The lowest BCUT2D eigenvalue weighted by atomic mass is 9.80. The van der Waals surface area contributed by atoms with E-state index in [4.69, 9.17) is 14.8 Å². The van der Waals surface area contributed by atoms with Gasteiger partial charge >= 0.3 is 7.12 Å². The number of aryl methyl sites for hydroxylation is 1. The molecule has 0 radical (unpaired) electrons. The predicted octanol–water partition coefficient (Wildman–Crippen LogP) is 0.171. The Morgan fingerprint density at radius 2 is 2.16 bits per heavy atom. The average Bonchev–Trinajstić information content (AvgIpc) is 2.87. The number of hydrogen-bond donors (Lipinski definition) is 2. The molecule has 0 aliphatic rings. The lowest BCUT2D eigenvalue weighted by Crippen LogP contribution is -2.30. The Morgan fingerprint density at radius 3 is 2.84 bits per heavy atom. The smallest absolute Gasteiger partial charge is 0.488 e. The van der Waals surface area contributed by atoms with Gasteiger partial charge in [-0.1, -0.05) is 0 Å². The Hall–Kier alpha value is -1.86. The Labute approximate surface area is 110 Å². The van der Waals surface area contributed by atoms with E-state index in [2.05, 4.69) is 4.98 Å². The summed E-state index contributed by atoms with van der Waals surface area (Å²) < 4.78 is 20.5. The standard InChI is InChI=1S/C12H14BFN2O3/c14-11-6-10(13(17)18)7-12(8-11)19-5-1-3-16-4-2-15-9-16/h2,4,6-9,17-18H,1,3,5H2. The summed E-state index contributed by atoms with van der Waals surface area (Å²) in [6, 6.07) is 3.68. The van der Waals surface area contributed by atoms with Crippen molar-refractivity contribution in [2.24, 2.45) is 0 Å². The van der Waals surface area contributed by atoms with Gasteiger partial charge in [-0.25, -0.2) is 9.37 Å². The lowest BCUT2D eigenvalue weighted by molar-refractivity contribution is 0.300. The molecule has 19 heavy (non-hydrogen) atoms. The fourth-order valence-corrected chi connectivity index (χ4v) is 1.67. The van der Waals surface area contributed by atoms with Gasteiger partial charge in [-0.3, -0.25) is 0 Å². The maximum atomic E-state index is 13.2. The summed E-state index contributed by atoms with van der Waals surface area (Å²) in [5.41, 5.74) is 0.0737. The van der Waals surface area contributed by atoms with Crippen LogP contribution in [-0.2, 0) is 6.54 Å². The third kappa shape index (κ3) is 4.08. The zero-order valence-corrected chi connectivity index (χ0v) is 10.2. The first-order chi connectivity index (χ1) is 9.15. The molecule has 2 rings (SSSR count). The highest BCUT2D eigenvalue weighted by Gasteiger charge is 2.13. The first-order valence-electron chi connectivity index (χ1n) is 5.90. The van der Waals surface area contributed by atoms with Crippen molar-refractivity contribution in [3.8, 4) is 5.75 Å². The molecule has 2 aromatic rings. The van der Waals surface area contributed by atoms with Crippen LogP contribution in [0.1, 0.15) is 6.42 Å². The summed E-state index contributed by atoms with van der Waals surface area (Å²) in [5, 5.41) is 18.0. The van der Waals surface area contributed by atoms with Crippen LogP contribution in [0.3, 0.4) is 0 Å². The zero-order chi connectivity index (χ0) is 13.7. The van der Waals surface area contributed by atoms with Crippen molar-refractivity contribution < 1.29 is 19.2 Å². The second-order valence-corrected chi connectivity index (χ2v) is 4.10. The minimum absolute atomic E-state index is 0.0737. The van der Waals surface area contributed by atoms with E-state index in [1.165, 1.54) is 12.1 Å². The second-order valence-electron chi connectivity index (χ2n) is 4.10. The van der Waals surface area contributed by atoms with E-state index in [-0.39, 0.29) is 11.2 Å². The number of ether oxygens (including phenoxy) is 1. The quantitative estimate of drug-likeness (QED) is 0.576. The Balaban J connectivity index is 1.85. The van der Waals surface area contributed by atoms with Crippen LogP contribution in [0, 0.1) is 5.82 Å². The minimum atomic E-state index is -1.70. The SMILES string of the molecule is OB(O)c1cc(F)cc(OCCCn2ccnc2)c1. The van der Waals surface area contributed by atoms with Gasteiger partial charge in [0, 0.05) is 25.0 Å². The maximum absolute atomic E-state index is 13.2. The molecule has 0 saturated carbocycles. The van der Waals surface area contributed by atoms with Crippen LogP contribution < -0.4 is 10.2 Å². The fraction of sp³-hybridized carbons (Fsp3) is 0.250. The van der Waals surface area contributed by atoms with Crippen LogP contribution in [0.15, 0.2) is 36.9 Å². The summed E-state index contributed by atoms with van der Waals surface area (Å²) in [4.78, 5) is 3.92. The first-order valence-corrected chi connectivity index (χ1v) is 5.90. The molecule has 1 aromatic heterocycles. The van der Waals surface area contributed by atoms with E-state index in [1.807, 2.05) is 10.8 Å². The van der Waals surface area contributed by atoms with Crippen LogP contribution in [0.25, 0.3) is 0 Å². The Bertz CT molecular complexity index is 520. The minimum Gasteiger partial charge on any atom is -0.493 e. The highest BCUT2D eigenvalue weighted by Crippen LogP contribution is 2.11. The second kappa shape index (κ2) is 6.35. The van der Waals surface area contributed by atoms with Crippen molar-refractivity contribution in [2.75, 3.05) is 6.61 Å². The van der Waals surface area contributed by atoms with Crippen LogP contribution in [-0.4, -0.2) is 33.3 Å². The van der Waals surface area contributed by atoms with Crippen molar-refractivity contribution in [3.05, 3.63) is 42.7 Å². The molecule has 0 fully saturated rings. The van der Waals surface area contributed by atoms with E-state index < -0.39 is 12.9 Å². The van der Waals surface area contributed by atoms with E-state index in [0.717, 1.165) is 19.0 Å². The molecule has 0 spiro atoms. The molecule has 0 unspecified atom stereocenters. The van der Waals surface area contributed by atoms with Gasteiger partial charge in [0.2, 0.25) is 0 Å². The van der Waals surface area contributed by atoms with Crippen molar-refractivity contribution >= 4 is 12.6 Å². The summed E-state index contributed by atoms with van der Waals surface area (Å²) >= 11 is 0. The first kappa shape index (κ1) is 13.6. The zero-order valence-electron chi connectivity index (χ0n) is 10.2. The molecular formula is C12H14BFN2O3. The molecule has 1 heterocycles. The molecule has 0 aliphatic heterocycles. The van der Waals surface area contributed by atoms with Gasteiger partial charge in [0.1, 0.15) is 11.6 Å². The Morgan fingerprint density at radius 1 is 1.32 bits per heavy atom. The number of halogens is 1. The summed E-state index contributed by atoms with van der Waals surface area (Å²) in [7, 11) is -1.70. The van der Waals surface area contributed by atoms with Crippen molar-refractivity contribution in [1.82, 2.24) is 9.55 Å². The number of hydrogen-bond acceptors (Lipinski definition) is 4. The van der Waals surface area contributed by atoms with E-state index in [0.29, 0.717) is 6.61 Å². The topological polar surface area (TPSA) is 67.5 Å². The molecule has 5 nitrogen and oxygen atoms in total. The number of aromatic nitrogens is 2. The molecule has 1 aromatic carbocycles. The fourth-order valence-electron chi connectivity index (χ4n) is 1.67. The van der Waals surface area contributed by atoms with Crippen molar-refractivity contribution in [1.29, 1.82) is 0 Å². The van der Waals surface area contributed by atoms with Gasteiger partial charge in [-0.2, -0.15) is 0 Å². The van der Waals surface area contributed by atoms with E-state index >= 15 is 0 Å². The van der Waals surface area contributed by atoms with Gasteiger partial charge in [0.25, 0.3) is 0 Å². The largest absolute Gasteiger partial charge is 0.493 e. The van der Waals surface area contributed by atoms with Gasteiger partial charge in [-0.05, 0) is 24.0 Å². The Kier molecular flexibility index (Phi) is 4.54. The average molecular weight is 264 g/mol. The summed E-state index contributed by atoms with van der Waals surface area (Å²) in [6.07, 6.45) is 6.00. The predicted molar refractivity (Wildman–Crippen MR) is 68.6 cm³/mol. The number of rotatable bonds is 6. The summed E-state index contributed by atoms with van der Waals surface area (Å²) in [6.45, 7) is 1.16. The maximum Gasteiger partial charge on any atom is 0.488 e.